The van der Waals surface area contributed by atoms with Gasteiger partial charge in [0.2, 0.25) is 0 Å². The van der Waals surface area contributed by atoms with Gasteiger partial charge in [0.25, 0.3) is 0 Å². The van der Waals surface area contributed by atoms with Gasteiger partial charge in [0.15, 0.2) is 0 Å². The van der Waals surface area contributed by atoms with E-state index in [2.05, 4.69) is 206 Å². The molecule has 0 aliphatic rings. The highest BCUT2D eigenvalue weighted by Gasteiger charge is 2.23. The lowest BCUT2D eigenvalue weighted by Gasteiger charge is -2.22. The summed E-state index contributed by atoms with van der Waals surface area (Å²) in [6.07, 6.45) is 0. The Labute approximate surface area is 355 Å². The smallest absolute Gasteiger partial charge is 0.136 e. The molecule has 62 heavy (non-hydrogen) atoms. The van der Waals surface area contributed by atoms with Crippen LogP contribution in [0.25, 0.3) is 142 Å². The molecule has 0 bridgehead atoms. The van der Waals surface area contributed by atoms with Crippen LogP contribution in [0.15, 0.2) is 215 Å². The maximum atomic E-state index is 6.47. The summed E-state index contributed by atoms with van der Waals surface area (Å²) in [5.74, 6) is 0. The normalized spacial score (nSPS) is 12.2. The van der Waals surface area contributed by atoms with Crippen molar-refractivity contribution < 1.29 is 8.83 Å². The molecule has 0 aliphatic heterocycles. The molecule has 12 aromatic carbocycles. The molecule has 0 saturated carbocycles. The van der Waals surface area contributed by atoms with Crippen LogP contribution >= 0.6 is 0 Å². The quantitative estimate of drug-likeness (QED) is 0.167. The zero-order chi connectivity index (χ0) is 40.5. The summed E-state index contributed by atoms with van der Waals surface area (Å²) in [7, 11) is 0. The largest absolute Gasteiger partial charge is 0.456 e. The number of rotatable bonds is 3. The lowest BCUT2D eigenvalue weighted by molar-refractivity contribution is 0.669. The van der Waals surface area contributed by atoms with Crippen molar-refractivity contribution >= 4 is 109 Å². The zero-order valence-corrected chi connectivity index (χ0v) is 33.4. The van der Waals surface area contributed by atoms with Crippen molar-refractivity contribution in [3.05, 3.63) is 206 Å². The molecule has 14 rings (SSSR count). The van der Waals surface area contributed by atoms with Crippen molar-refractivity contribution in [1.82, 2.24) is 0 Å². The van der Waals surface area contributed by atoms with E-state index in [0.717, 1.165) is 43.9 Å². The third-order valence-corrected chi connectivity index (χ3v) is 13.4. The minimum Gasteiger partial charge on any atom is -0.456 e. The van der Waals surface area contributed by atoms with Crippen molar-refractivity contribution in [3.63, 3.8) is 0 Å². The number of hydrogen-bond donors (Lipinski definition) is 0. The number of furan rings is 2. The first kappa shape index (κ1) is 33.6. The topological polar surface area (TPSA) is 26.3 Å². The van der Waals surface area contributed by atoms with Gasteiger partial charge in [0.05, 0.1) is 0 Å². The second-order valence-corrected chi connectivity index (χ2v) is 16.6. The molecule has 14 aromatic rings. The van der Waals surface area contributed by atoms with Crippen LogP contribution in [0.5, 0.6) is 0 Å². The summed E-state index contributed by atoms with van der Waals surface area (Å²) >= 11 is 0. The molecule has 0 spiro atoms. The van der Waals surface area contributed by atoms with Crippen molar-refractivity contribution in [3.8, 4) is 33.4 Å². The van der Waals surface area contributed by atoms with E-state index in [9.17, 15) is 0 Å². The second kappa shape index (κ2) is 12.7. The average Bonchev–Trinajstić information content (AvgIpc) is 3.91. The predicted octanol–water partition coefficient (Wildman–Crippen LogP) is 17.4. The van der Waals surface area contributed by atoms with Crippen molar-refractivity contribution in [2.45, 2.75) is 0 Å². The molecule has 0 unspecified atom stereocenters. The van der Waals surface area contributed by atoms with Crippen molar-refractivity contribution in [2.75, 3.05) is 0 Å². The van der Waals surface area contributed by atoms with Gasteiger partial charge in [-0.25, -0.2) is 0 Å². The third kappa shape index (κ3) is 4.64. The van der Waals surface area contributed by atoms with E-state index in [0.29, 0.717) is 0 Å². The van der Waals surface area contributed by atoms with Crippen molar-refractivity contribution in [2.24, 2.45) is 0 Å². The summed E-state index contributed by atoms with van der Waals surface area (Å²) < 4.78 is 12.9. The van der Waals surface area contributed by atoms with Gasteiger partial charge in [-0.15, -0.1) is 0 Å². The van der Waals surface area contributed by atoms with Crippen LogP contribution in [0.1, 0.15) is 0 Å². The molecule has 0 N–H and O–H groups in total. The molecule has 0 radical (unpaired) electrons. The molecular weight excluding hydrogens is 753 g/mol. The van der Waals surface area contributed by atoms with Gasteiger partial charge in [0, 0.05) is 21.5 Å². The molecule has 286 valence electrons. The Morgan fingerprint density at radius 2 is 0.500 bits per heavy atom. The molecule has 0 fully saturated rings. The van der Waals surface area contributed by atoms with E-state index >= 15 is 0 Å². The van der Waals surface area contributed by atoms with E-state index in [1.807, 2.05) is 0 Å². The van der Waals surface area contributed by atoms with Gasteiger partial charge in [-0.3, -0.25) is 0 Å². The standard InChI is InChI=1S/C60H34O2/c1-3-15-39-35(13-1)25-31-53-57(39)49-33-37(27-29-51(49)61-53)55-41-17-5-9-21-45(41)59(46-22-10-6-18-42(46)55)60-47-23-11-7-19-43(47)56(44-20-8-12-24-48(44)60)38-28-30-52-50(34-38)58-40-16-4-2-14-36(40)26-32-54(58)62-52/h1-34H. The van der Waals surface area contributed by atoms with Crippen LogP contribution in [0.3, 0.4) is 0 Å². The molecular formula is C60H34O2. The summed E-state index contributed by atoms with van der Waals surface area (Å²) in [4.78, 5) is 0. The minimum atomic E-state index is 0.900. The first-order valence-corrected chi connectivity index (χ1v) is 21.3. The molecule has 2 heteroatoms. The van der Waals surface area contributed by atoms with Crippen LogP contribution in [-0.4, -0.2) is 0 Å². The lowest BCUT2D eigenvalue weighted by atomic mass is 9.81. The van der Waals surface area contributed by atoms with Gasteiger partial charge in [-0.1, -0.05) is 170 Å². The Bertz CT molecular complexity index is 3830. The van der Waals surface area contributed by atoms with E-state index < -0.39 is 0 Å². The molecule has 0 saturated heterocycles. The third-order valence-electron chi connectivity index (χ3n) is 13.4. The highest BCUT2D eigenvalue weighted by molar-refractivity contribution is 6.31. The number of fused-ring (bicyclic) bond motifs is 14. The average molecular weight is 787 g/mol. The van der Waals surface area contributed by atoms with Gasteiger partial charge < -0.3 is 8.83 Å². The van der Waals surface area contributed by atoms with Gasteiger partial charge >= 0.3 is 0 Å². The van der Waals surface area contributed by atoms with Crippen LogP contribution in [0.2, 0.25) is 0 Å². The summed E-state index contributed by atoms with van der Waals surface area (Å²) in [5, 5.41) is 19.2. The molecule has 0 amide bonds. The SMILES string of the molecule is c1ccc2c(c1)ccc1oc3ccc(-c4c5ccccc5c(-c5c6ccccc6c(-c6ccc7oc8ccc9ccccc9c8c7c6)c6ccccc56)c5ccccc45)cc3c12. The Balaban J connectivity index is 1.07. The van der Waals surface area contributed by atoms with Gasteiger partial charge in [-0.05, 0) is 134 Å². The molecule has 0 aliphatic carbocycles. The van der Waals surface area contributed by atoms with Crippen LogP contribution < -0.4 is 0 Å². The van der Waals surface area contributed by atoms with Crippen LogP contribution in [0, 0.1) is 0 Å². The fraction of sp³-hybridized carbons (Fsp3) is 0. The van der Waals surface area contributed by atoms with E-state index in [1.165, 1.54) is 98.0 Å². The van der Waals surface area contributed by atoms with Crippen molar-refractivity contribution in [1.29, 1.82) is 0 Å². The van der Waals surface area contributed by atoms with Crippen LogP contribution in [0.4, 0.5) is 0 Å². The van der Waals surface area contributed by atoms with Crippen LogP contribution in [-0.2, 0) is 0 Å². The first-order valence-electron chi connectivity index (χ1n) is 21.3. The highest BCUT2D eigenvalue weighted by Crippen LogP contribution is 2.51. The summed E-state index contributed by atoms with van der Waals surface area (Å²) in [6.45, 7) is 0. The number of benzene rings is 12. The monoisotopic (exact) mass is 786 g/mol. The summed E-state index contributed by atoms with van der Waals surface area (Å²) in [6, 6.07) is 75.2. The molecule has 2 heterocycles. The van der Waals surface area contributed by atoms with Gasteiger partial charge in [-0.2, -0.15) is 0 Å². The fourth-order valence-electron chi connectivity index (χ4n) is 10.8. The summed E-state index contributed by atoms with van der Waals surface area (Å²) in [5.41, 5.74) is 10.9. The van der Waals surface area contributed by atoms with Gasteiger partial charge in [0.1, 0.15) is 22.3 Å². The fourth-order valence-corrected chi connectivity index (χ4v) is 10.8. The second-order valence-electron chi connectivity index (χ2n) is 16.6. The molecule has 0 atom stereocenters. The number of hydrogen-bond acceptors (Lipinski definition) is 2. The first-order chi connectivity index (χ1) is 30.8. The maximum Gasteiger partial charge on any atom is 0.136 e. The maximum absolute atomic E-state index is 6.47. The predicted molar refractivity (Wildman–Crippen MR) is 262 cm³/mol. The zero-order valence-electron chi connectivity index (χ0n) is 33.4. The Morgan fingerprint density at radius 3 is 0.855 bits per heavy atom. The Morgan fingerprint density at radius 1 is 0.210 bits per heavy atom. The Hall–Kier alpha value is -8.20. The van der Waals surface area contributed by atoms with E-state index in [4.69, 9.17) is 8.83 Å². The molecule has 2 aromatic heterocycles. The highest BCUT2D eigenvalue weighted by atomic mass is 16.3. The lowest BCUT2D eigenvalue weighted by Crippen LogP contribution is -1.94. The molecule has 2 nitrogen and oxygen atoms in total. The minimum absolute atomic E-state index is 0.900. The van der Waals surface area contributed by atoms with E-state index in [-0.39, 0.29) is 0 Å². The Kier molecular flexibility index (Phi) is 6.86. The van der Waals surface area contributed by atoms with E-state index in [1.54, 1.807) is 0 Å².